The minimum atomic E-state index is -1.07. The largest absolute Gasteiger partial charge is 0.466 e. The van der Waals surface area contributed by atoms with Crippen LogP contribution in [0.1, 0.15) is 17.3 Å². The van der Waals surface area contributed by atoms with Crippen molar-refractivity contribution in [2.45, 2.75) is 13.0 Å². The Morgan fingerprint density at radius 1 is 1.35 bits per heavy atom. The number of hydrogen-bond acceptors (Lipinski definition) is 8. The van der Waals surface area contributed by atoms with Gasteiger partial charge in [-0.05, 0) is 6.92 Å². The van der Waals surface area contributed by atoms with Crippen LogP contribution in [0.25, 0.3) is 0 Å². The molecule has 0 N–H and O–H groups in total. The number of methoxy groups -OCH3 is 2. The Balaban J connectivity index is 3.11. The molecule has 0 fully saturated rings. The number of rotatable bonds is 5. The molecule has 0 bridgehead atoms. The van der Waals surface area contributed by atoms with E-state index in [0.29, 0.717) is 0 Å². The average molecular weight is 284 g/mol. The Morgan fingerprint density at radius 2 is 2.00 bits per heavy atom. The zero-order valence-electron chi connectivity index (χ0n) is 11.0. The van der Waals surface area contributed by atoms with Gasteiger partial charge in [0.15, 0.2) is 6.10 Å². The van der Waals surface area contributed by atoms with Crippen molar-refractivity contribution in [1.29, 1.82) is 0 Å². The number of carbonyl (C=O) groups excluding carboxylic acids is 2. The van der Waals surface area contributed by atoms with Crippen LogP contribution in [0.15, 0.2) is 12.3 Å². The standard InChI is InChI=1S/C11H12N2O7/c1-6(10(14)18-2)20-9-8(13(16)17)4-7(5-12-9)11(15)19-3/h4-6H,1-3H3/t6-/m0/s1. The molecule has 0 aromatic carbocycles. The second-order valence-electron chi connectivity index (χ2n) is 3.58. The zero-order valence-corrected chi connectivity index (χ0v) is 11.0. The monoisotopic (exact) mass is 284 g/mol. The summed E-state index contributed by atoms with van der Waals surface area (Å²) in [4.78, 5) is 36.3. The maximum atomic E-state index is 11.3. The maximum absolute atomic E-state index is 11.3. The first kappa shape index (κ1) is 15.3. The van der Waals surface area contributed by atoms with E-state index in [1.807, 2.05) is 0 Å². The Morgan fingerprint density at radius 3 is 2.50 bits per heavy atom. The number of aromatic nitrogens is 1. The number of pyridine rings is 1. The summed E-state index contributed by atoms with van der Waals surface area (Å²) < 4.78 is 13.9. The molecule has 1 atom stereocenters. The molecule has 0 saturated carbocycles. The Hall–Kier alpha value is -2.71. The highest BCUT2D eigenvalue weighted by Gasteiger charge is 2.25. The van der Waals surface area contributed by atoms with Gasteiger partial charge in [-0.3, -0.25) is 10.1 Å². The number of nitrogens with zero attached hydrogens (tertiary/aromatic N) is 2. The first-order valence-electron chi connectivity index (χ1n) is 5.38. The lowest BCUT2D eigenvalue weighted by Gasteiger charge is -2.11. The van der Waals surface area contributed by atoms with Crippen molar-refractivity contribution in [2.24, 2.45) is 0 Å². The highest BCUT2D eigenvalue weighted by Crippen LogP contribution is 2.26. The lowest BCUT2D eigenvalue weighted by atomic mass is 10.2. The van der Waals surface area contributed by atoms with Crippen molar-refractivity contribution in [1.82, 2.24) is 4.98 Å². The SMILES string of the molecule is COC(=O)c1cnc(O[C@@H](C)C(=O)OC)c([N+](=O)[O-])c1. The Kier molecular flexibility index (Phi) is 4.95. The molecule has 108 valence electrons. The number of esters is 2. The third-order valence-corrected chi connectivity index (χ3v) is 2.27. The van der Waals surface area contributed by atoms with Gasteiger partial charge in [-0.2, -0.15) is 0 Å². The third kappa shape index (κ3) is 3.40. The van der Waals surface area contributed by atoms with Crippen molar-refractivity contribution >= 4 is 17.6 Å². The van der Waals surface area contributed by atoms with Gasteiger partial charge >= 0.3 is 17.6 Å². The minimum absolute atomic E-state index is 0.0997. The van der Waals surface area contributed by atoms with Crippen LogP contribution in [-0.2, 0) is 14.3 Å². The maximum Gasteiger partial charge on any atom is 0.346 e. The van der Waals surface area contributed by atoms with Crippen LogP contribution in [0.2, 0.25) is 0 Å². The highest BCUT2D eigenvalue weighted by atomic mass is 16.6. The Labute approximate surface area is 113 Å². The minimum Gasteiger partial charge on any atom is -0.466 e. The van der Waals surface area contributed by atoms with Gasteiger partial charge in [0.25, 0.3) is 5.88 Å². The van der Waals surface area contributed by atoms with Crippen molar-refractivity contribution in [3.8, 4) is 5.88 Å². The molecule has 1 heterocycles. The van der Waals surface area contributed by atoms with Crippen molar-refractivity contribution < 1.29 is 28.7 Å². The lowest BCUT2D eigenvalue weighted by molar-refractivity contribution is -0.386. The summed E-state index contributed by atoms with van der Waals surface area (Å²) in [6.45, 7) is 1.35. The number of nitro groups is 1. The summed E-state index contributed by atoms with van der Waals surface area (Å²) in [5.41, 5.74) is -0.652. The van der Waals surface area contributed by atoms with Gasteiger partial charge in [0.05, 0.1) is 24.7 Å². The quantitative estimate of drug-likeness (QED) is 0.441. The first-order valence-corrected chi connectivity index (χ1v) is 5.38. The van der Waals surface area contributed by atoms with Crippen LogP contribution >= 0.6 is 0 Å². The van der Waals surface area contributed by atoms with E-state index in [-0.39, 0.29) is 11.4 Å². The zero-order chi connectivity index (χ0) is 15.3. The lowest BCUT2D eigenvalue weighted by Crippen LogP contribution is -2.25. The summed E-state index contributed by atoms with van der Waals surface area (Å²) in [7, 11) is 2.29. The molecule has 9 heteroatoms. The molecule has 0 aliphatic heterocycles. The van der Waals surface area contributed by atoms with Gasteiger partial charge in [-0.15, -0.1) is 0 Å². The van der Waals surface area contributed by atoms with Gasteiger partial charge in [0.1, 0.15) is 0 Å². The fraction of sp³-hybridized carbons (Fsp3) is 0.364. The van der Waals surface area contributed by atoms with E-state index in [2.05, 4.69) is 14.5 Å². The van der Waals surface area contributed by atoms with Gasteiger partial charge in [0.2, 0.25) is 0 Å². The van der Waals surface area contributed by atoms with E-state index in [9.17, 15) is 19.7 Å². The van der Waals surface area contributed by atoms with Gasteiger partial charge < -0.3 is 14.2 Å². The second kappa shape index (κ2) is 6.45. The molecule has 1 aromatic rings. The van der Waals surface area contributed by atoms with Crippen LogP contribution in [-0.4, -0.2) is 42.2 Å². The van der Waals surface area contributed by atoms with Gasteiger partial charge in [-0.25, -0.2) is 14.6 Å². The second-order valence-corrected chi connectivity index (χ2v) is 3.58. The number of ether oxygens (including phenoxy) is 3. The summed E-state index contributed by atoms with van der Waals surface area (Å²) in [5, 5.41) is 10.9. The molecule has 0 radical (unpaired) electrons. The van der Waals surface area contributed by atoms with E-state index in [1.54, 1.807) is 0 Å². The van der Waals surface area contributed by atoms with Crippen LogP contribution in [0.4, 0.5) is 5.69 Å². The van der Waals surface area contributed by atoms with Crippen LogP contribution in [0.5, 0.6) is 5.88 Å². The summed E-state index contributed by atoms with van der Waals surface area (Å²) in [5.74, 6) is -1.87. The summed E-state index contributed by atoms with van der Waals surface area (Å²) in [6.07, 6.45) is -0.0202. The molecule has 20 heavy (non-hydrogen) atoms. The van der Waals surface area contributed by atoms with E-state index in [0.717, 1.165) is 26.5 Å². The van der Waals surface area contributed by atoms with Crippen molar-refractivity contribution in [3.05, 3.63) is 27.9 Å². The molecule has 0 aliphatic carbocycles. The molecule has 1 rings (SSSR count). The van der Waals surface area contributed by atoms with E-state index >= 15 is 0 Å². The average Bonchev–Trinajstić information content (AvgIpc) is 2.45. The van der Waals surface area contributed by atoms with E-state index in [4.69, 9.17) is 4.74 Å². The predicted octanol–water partition coefficient (Wildman–Crippen LogP) is 0.717. The molecule has 0 spiro atoms. The normalized spacial score (nSPS) is 11.3. The topological polar surface area (TPSA) is 118 Å². The fourth-order valence-electron chi connectivity index (χ4n) is 1.27. The molecular weight excluding hydrogens is 272 g/mol. The number of carbonyl (C=O) groups is 2. The molecule has 0 amide bonds. The molecule has 9 nitrogen and oxygen atoms in total. The number of hydrogen-bond donors (Lipinski definition) is 0. The molecule has 0 aliphatic rings. The van der Waals surface area contributed by atoms with Crippen molar-refractivity contribution in [3.63, 3.8) is 0 Å². The highest BCUT2D eigenvalue weighted by molar-refractivity contribution is 5.89. The van der Waals surface area contributed by atoms with Crippen LogP contribution < -0.4 is 4.74 Å². The Bertz CT molecular complexity index is 544. The van der Waals surface area contributed by atoms with Gasteiger partial charge in [0, 0.05) is 12.3 Å². The summed E-state index contributed by atoms with van der Waals surface area (Å²) >= 11 is 0. The van der Waals surface area contributed by atoms with E-state index < -0.39 is 28.7 Å². The van der Waals surface area contributed by atoms with E-state index in [1.165, 1.54) is 6.92 Å². The van der Waals surface area contributed by atoms with Gasteiger partial charge in [-0.1, -0.05) is 0 Å². The summed E-state index contributed by atoms with van der Waals surface area (Å²) in [6, 6.07) is 0.957. The predicted molar refractivity (Wildman–Crippen MR) is 64.3 cm³/mol. The molecule has 0 unspecified atom stereocenters. The van der Waals surface area contributed by atoms with Crippen LogP contribution in [0, 0.1) is 10.1 Å². The smallest absolute Gasteiger partial charge is 0.346 e. The molecule has 1 aromatic heterocycles. The first-order chi connectivity index (χ1) is 9.40. The fourth-order valence-corrected chi connectivity index (χ4v) is 1.27. The molecule has 0 saturated heterocycles. The molecular formula is C11H12N2O7. The third-order valence-electron chi connectivity index (χ3n) is 2.27. The van der Waals surface area contributed by atoms with Crippen molar-refractivity contribution in [2.75, 3.05) is 14.2 Å². The van der Waals surface area contributed by atoms with Crippen LogP contribution in [0.3, 0.4) is 0 Å².